The summed E-state index contributed by atoms with van der Waals surface area (Å²) in [6.45, 7) is 0. The van der Waals surface area contributed by atoms with Crippen molar-refractivity contribution in [2.24, 2.45) is 11.7 Å². The van der Waals surface area contributed by atoms with Crippen molar-refractivity contribution in [1.82, 2.24) is 0 Å². The molecule has 0 spiro atoms. The Kier molecular flexibility index (Phi) is 2.40. The van der Waals surface area contributed by atoms with Gasteiger partial charge in [0, 0.05) is 5.54 Å². The van der Waals surface area contributed by atoms with E-state index in [1.807, 2.05) is 0 Å². The second kappa shape index (κ2) is 3.37. The van der Waals surface area contributed by atoms with E-state index in [4.69, 9.17) is 5.73 Å². The summed E-state index contributed by atoms with van der Waals surface area (Å²) < 4.78 is 0. The van der Waals surface area contributed by atoms with Gasteiger partial charge in [0.2, 0.25) is 0 Å². The van der Waals surface area contributed by atoms with Crippen LogP contribution in [0, 0.1) is 5.92 Å². The van der Waals surface area contributed by atoms with E-state index >= 15 is 0 Å². The van der Waals surface area contributed by atoms with Crippen LogP contribution in [0.4, 0.5) is 0 Å². The van der Waals surface area contributed by atoms with E-state index in [-0.39, 0.29) is 0 Å². The Morgan fingerprint density at radius 3 is 2.42 bits per heavy atom. The zero-order valence-electron chi connectivity index (χ0n) is 8.02. The molecule has 2 N–H and O–H groups in total. The Morgan fingerprint density at radius 2 is 1.58 bits per heavy atom. The van der Waals surface area contributed by atoms with Crippen molar-refractivity contribution >= 4 is 0 Å². The largest absolute Gasteiger partial charge is 0.325 e. The standard InChI is InChI=1S/C11H21N/c12-11-8-6-4-2-1-3-5-7-10(11)9-11/h10H,1-9,12H2. The fourth-order valence-electron chi connectivity index (χ4n) is 2.65. The number of hydrogen-bond donors (Lipinski definition) is 1. The molecule has 1 heteroatoms. The maximum atomic E-state index is 6.24. The van der Waals surface area contributed by atoms with E-state index in [1.54, 1.807) is 0 Å². The van der Waals surface area contributed by atoms with Crippen molar-refractivity contribution in [1.29, 1.82) is 0 Å². The summed E-state index contributed by atoms with van der Waals surface area (Å²) in [5.41, 5.74) is 6.54. The van der Waals surface area contributed by atoms with Crippen molar-refractivity contribution in [2.75, 3.05) is 0 Å². The third-order valence-electron chi connectivity index (χ3n) is 3.72. The molecule has 0 amide bonds. The molecule has 0 aromatic rings. The molecule has 0 heterocycles. The summed E-state index contributed by atoms with van der Waals surface area (Å²) in [4.78, 5) is 0. The highest BCUT2D eigenvalue weighted by molar-refractivity contribution is 5.07. The third kappa shape index (κ3) is 1.82. The number of hydrogen-bond acceptors (Lipinski definition) is 1. The van der Waals surface area contributed by atoms with E-state index in [0.29, 0.717) is 5.54 Å². The highest BCUT2D eigenvalue weighted by atomic mass is 14.9. The Bertz CT molecular complexity index is 155. The molecule has 2 fully saturated rings. The fourth-order valence-corrected chi connectivity index (χ4v) is 2.65. The predicted octanol–water partition coefficient (Wildman–Crippen LogP) is 2.84. The van der Waals surface area contributed by atoms with Crippen molar-refractivity contribution in [2.45, 2.75) is 63.3 Å². The molecule has 1 nitrogen and oxygen atoms in total. The molecule has 0 radical (unpaired) electrons. The molecule has 2 rings (SSSR count). The monoisotopic (exact) mass is 167 g/mol. The molecule has 2 unspecified atom stereocenters. The molecular weight excluding hydrogens is 146 g/mol. The van der Waals surface area contributed by atoms with Crippen molar-refractivity contribution < 1.29 is 0 Å². The maximum absolute atomic E-state index is 6.24. The lowest BCUT2D eigenvalue weighted by molar-refractivity contribution is 0.450. The Hall–Kier alpha value is -0.0400. The number of rotatable bonds is 0. The maximum Gasteiger partial charge on any atom is 0.0186 e. The van der Waals surface area contributed by atoms with E-state index in [0.717, 1.165) is 5.92 Å². The van der Waals surface area contributed by atoms with Crippen molar-refractivity contribution in [3.05, 3.63) is 0 Å². The van der Waals surface area contributed by atoms with Crippen molar-refractivity contribution in [3.63, 3.8) is 0 Å². The van der Waals surface area contributed by atoms with E-state index < -0.39 is 0 Å². The van der Waals surface area contributed by atoms with Crippen LogP contribution in [0.3, 0.4) is 0 Å². The van der Waals surface area contributed by atoms with E-state index in [1.165, 1.54) is 57.8 Å². The number of fused-ring (bicyclic) bond motifs is 1. The van der Waals surface area contributed by atoms with Gasteiger partial charge in [0.05, 0.1) is 0 Å². The lowest BCUT2D eigenvalue weighted by Crippen LogP contribution is -2.25. The molecule has 2 aliphatic rings. The molecule has 2 saturated carbocycles. The summed E-state index contributed by atoms with van der Waals surface area (Å²) in [5, 5.41) is 0. The minimum absolute atomic E-state index is 0.303. The number of nitrogens with two attached hydrogens (primary N) is 1. The predicted molar refractivity (Wildman–Crippen MR) is 52.0 cm³/mol. The molecule has 2 atom stereocenters. The molecule has 0 aromatic heterocycles. The summed E-state index contributed by atoms with van der Waals surface area (Å²) in [6.07, 6.45) is 12.6. The van der Waals surface area contributed by atoms with E-state index in [2.05, 4.69) is 0 Å². The average Bonchev–Trinajstić information content (AvgIpc) is 2.70. The van der Waals surface area contributed by atoms with Gasteiger partial charge in [-0.05, 0) is 25.2 Å². The zero-order chi connectivity index (χ0) is 8.44. The first-order chi connectivity index (χ1) is 5.81. The average molecular weight is 167 g/mol. The van der Waals surface area contributed by atoms with Gasteiger partial charge in [-0.3, -0.25) is 0 Å². The molecule has 0 saturated heterocycles. The van der Waals surface area contributed by atoms with Crippen LogP contribution in [-0.2, 0) is 0 Å². The summed E-state index contributed by atoms with van der Waals surface area (Å²) in [7, 11) is 0. The summed E-state index contributed by atoms with van der Waals surface area (Å²) in [6, 6.07) is 0. The van der Waals surface area contributed by atoms with Crippen LogP contribution in [0.5, 0.6) is 0 Å². The minimum atomic E-state index is 0.303. The van der Waals surface area contributed by atoms with Gasteiger partial charge >= 0.3 is 0 Å². The Morgan fingerprint density at radius 1 is 0.917 bits per heavy atom. The van der Waals surface area contributed by atoms with Gasteiger partial charge in [-0.25, -0.2) is 0 Å². The second-order valence-corrected chi connectivity index (χ2v) is 4.79. The first-order valence-electron chi connectivity index (χ1n) is 5.60. The Balaban J connectivity index is 1.82. The quantitative estimate of drug-likeness (QED) is 0.590. The molecular formula is C11H21N. The van der Waals surface area contributed by atoms with Crippen LogP contribution in [0.25, 0.3) is 0 Å². The van der Waals surface area contributed by atoms with Gasteiger partial charge in [-0.15, -0.1) is 0 Å². The van der Waals surface area contributed by atoms with Crippen LogP contribution in [0.15, 0.2) is 0 Å². The van der Waals surface area contributed by atoms with Gasteiger partial charge < -0.3 is 5.73 Å². The van der Waals surface area contributed by atoms with Gasteiger partial charge in [0.25, 0.3) is 0 Å². The SMILES string of the molecule is NC12CCCCCCCCC1C2. The van der Waals surface area contributed by atoms with Crippen molar-refractivity contribution in [3.8, 4) is 0 Å². The van der Waals surface area contributed by atoms with Gasteiger partial charge in [0.15, 0.2) is 0 Å². The van der Waals surface area contributed by atoms with Crippen LogP contribution in [0.2, 0.25) is 0 Å². The van der Waals surface area contributed by atoms with Gasteiger partial charge in [-0.1, -0.05) is 38.5 Å². The normalized spacial score (nSPS) is 43.2. The molecule has 0 bridgehead atoms. The molecule has 70 valence electrons. The van der Waals surface area contributed by atoms with Crippen LogP contribution >= 0.6 is 0 Å². The van der Waals surface area contributed by atoms with Gasteiger partial charge in [0.1, 0.15) is 0 Å². The Labute approximate surface area is 75.7 Å². The fraction of sp³-hybridized carbons (Fsp3) is 1.00. The second-order valence-electron chi connectivity index (χ2n) is 4.79. The third-order valence-corrected chi connectivity index (χ3v) is 3.72. The highest BCUT2D eigenvalue weighted by Gasteiger charge is 2.49. The molecule has 0 aromatic carbocycles. The first-order valence-corrected chi connectivity index (χ1v) is 5.60. The van der Waals surface area contributed by atoms with Gasteiger partial charge in [-0.2, -0.15) is 0 Å². The topological polar surface area (TPSA) is 26.0 Å². The smallest absolute Gasteiger partial charge is 0.0186 e. The van der Waals surface area contributed by atoms with E-state index in [9.17, 15) is 0 Å². The highest BCUT2D eigenvalue weighted by Crippen LogP contribution is 2.48. The zero-order valence-corrected chi connectivity index (χ0v) is 8.02. The summed E-state index contributed by atoms with van der Waals surface area (Å²) in [5.74, 6) is 0.899. The lowest BCUT2D eigenvalue weighted by Gasteiger charge is -2.13. The van der Waals surface area contributed by atoms with Crippen LogP contribution in [-0.4, -0.2) is 5.54 Å². The molecule has 0 aliphatic heterocycles. The minimum Gasteiger partial charge on any atom is -0.325 e. The first kappa shape index (κ1) is 8.55. The molecule has 2 aliphatic carbocycles. The van der Waals surface area contributed by atoms with Crippen LogP contribution in [0.1, 0.15) is 57.8 Å². The molecule has 12 heavy (non-hydrogen) atoms. The van der Waals surface area contributed by atoms with Crippen LogP contribution < -0.4 is 5.73 Å². The lowest BCUT2D eigenvalue weighted by atomic mass is 9.98. The summed E-state index contributed by atoms with van der Waals surface area (Å²) >= 11 is 0.